The molecule has 0 aliphatic carbocycles. The first-order chi connectivity index (χ1) is 19.4. The standard InChI is InChI=1S/C35H21N3S/c1-2-11-22(12-3-1)37-27-17-7-4-14-25(27)33-30(37)21-31-34(36-33)26-15-5-8-18-28(26)38(31)29-19-10-16-24-23-13-6-9-20-32(23)39-35(24)29/h1-21H. The minimum absolute atomic E-state index is 1.03. The number of nitrogens with zero attached hydrogens (tertiary/aromatic N) is 3. The van der Waals surface area contributed by atoms with Gasteiger partial charge >= 0.3 is 0 Å². The van der Waals surface area contributed by atoms with E-state index in [9.17, 15) is 0 Å². The molecule has 9 aromatic rings. The maximum atomic E-state index is 5.41. The number of thiophene rings is 1. The van der Waals surface area contributed by atoms with E-state index in [1.54, 1.807) is 0 Å². The maximum absolute atomic E-state index is 5.41. The van der Waals surface area contributed by atoms with Crippen molar-refractivity contribution in [3.05, 3.63) is 127 Å². The summed E-state index contributed by atoms with van der Waals surface area (Å²) >= 11 is 1.86. The third kappa shape index (κ3) is 2.84. The monoisotopic (exact) mass is 515 g/mol. The normalized spacial score (nSPS) is 12.1. The Morgan fingerprint density at radius 2 is 1.05 bits per heavy atom. The molecule has 0 aliphatic rings. The van der Waals surface area contributed by atoms with Crippen molar-refractivity contribution in [2.24, 2.45) is 0 Å². The van der Waals surface area contributed by atoms with Crippen LogP contribution in [0.3, 0.4) is 0 Å². The van der Waals surface area contributed by atoms with Crippen molar-refractivity contribution in [1.29, 1.82) is 0 Å². The van der Waals surface area contributed by atoms with Crippen LogP contribution in [0.25, 0.3) is 75.4 Å². The van der Waals surface area contributed by atoms with Crippen LogP contribution in [0.5, 0.6) is 0 Å². The van der Waals surface area contributed by atoms with Gasteiger partial charge < -0.3 is 9.13 Å². The van der Waals surface area contributed by atoms with E-state index in [2.05, 4.69) is 137 Å². The summed E-state index contributed by atoms with van der Waals surface area (Å²) in [4.78, 5) is 5.41. The number of pyridine rings is 1. The van der Waals surface area contributed by atoms with Gasteiger partial charge in [-0.2, -0.15) is 0 Å². The summed E-state index contributed by atoms with van der Waals surface area (Å²) in [7, 11) is 0. The van der Waals surface area contributed by atoms with Crippen LogP contribution >= 0.6 is 11.3 Å². The van der Waals surface area contributed by atoms with Crippen LogP contribution < -0.4 is 0 Å². The van der Waals surface area contributed by atoms with Crippen LogP contribution in [-0.2, 0) is 0 Å². The molecule has 0 saturated carbocycles. The molecule has 0 spiro atoms. The molecule has 0 radical (unpaired) electrons. The summed E-state index contributed by atoms with van der Waals surface area (Å²) in [6.07, 6.45) is 0. The second-order valence-electron chi connectivity index (χ2n) is 10.0. The Balaban J connectivity index is 1.48. The predicted molar refractivity (Wildman–Crippen MR) is 166 cm³/mol. The van der Waals surface area contributed by atoms with E-state index in [-0.39, 0.29) is 0 Å². The maximum Gasteiger partial charge on any atom is 0.0972 e. The van der Waals surface area contributed by atoms with Gasteiger partial charge in [0.05, 0.1) is 43.5 Å². The molecule has 4 heteroatoms. The average Bonchev–Trinajstić information content (AvgIpc) is 3.64. The molecule has 9 rings (SSSR count). The SMILES string of the molecule is c1ccc(-n2c3ccccc3c3nc4c5ccccc5n(-c5cccc6c5sc5ccccc56)c4cc32)cc1. The number of fused-ring (bicyclic) bond motifs is 9. The summed E-state index contributed by atoms with van der Waals surface area (Å²) in [5.74, 6) is 0. The molecule has 0 unspecified atom stereocenters. The van der Waals surface area contributed by atoms with Gasteiger partial charge in [0.2, 0.25) is 0 Å². The highest BCUT2D eigenvalue weighted by Gasteiger charge is 2.21. The Kier molecular flexibility index (Phi) is 4.21. The molecular weight excluding hydrogens is 494 g/mol. The number of para-hydroxylation sites is 3. The molecule has 0 N–H and O–H groups in total. The van der Waals surface area contributed by atoms with Crippen molar-refractivity contribution in [2.75, 3.05) is 0 Å². The number of hydrogen-bond acceptors (Lipinski definition) is 2. The fraction of sp³-hybridized carbons (Fsp3) is 0. The smallest absolute Gasteiger partial charge is 0.0972 e. The van der Waals surface area contributed by atoms with E-state index in [0.717, 1.165) is 27.8 Å². The van der Waals surface area contributed by atoms with Crippen LogP contribution in [0.15, 0.2) is 127 Å². The largest absolute Gasteiger partial charge is 0.308 e. The molecule has 0 bridgehead atoms. The second kappa shape index (κ2) is 7.79. The Bertz CT molecular complexity index is 2390. The molecule has 39 heavy (non-hydrogen) atoms. The number of benzene rings is 5. The van der Waals surface area contributed by atoms with Gasteiger partial charge in [0.1, 0.15) is 0 Å². The van der Waals surface area contributed by atoms with E-state index in [4.69, 9.17) is 4.98 Å². The zero-order valence-electron chi connectivity index (χ0n) is 20.9. The van der Waals surface area contributed by atoms with Gasteiger partial charge in [0.25, 0.3) is 0 Å². The molecule has 4 aromatic heterocycles. The lowest BCUT2D eigenvalue weighted by molar-refractivity contribution is 1.17. The van der Waals surface area contributed by atoms with E-state index >= 15 is 0 Å². The zero-order chi connectivity index (χ0) is 25.5. The van der Waals surface area contributed by atoms with Crippen molar-refractivity contribution >= 4 is 75.4 Å². The van der Waals surface area contributed by atoms with Gasteiger partial charge in [0, 0.05) is 31.9 Å². The van der Waals surface area contributed by atoms with Gasteiger partial charge in [-0.3, -0.25) is 0 Å². The summed E-state index contributed by atoms with van der Waals surface area (Å²) in [6, 6.07) is 45.6. The molecule has 0 atom stereocenters. The van der Waals surface area contributed by atoms with E-state index in [0.29, 0.717) is 0 Å². The highest BCUT2D eigenvalue weighted by molar-refractivity contribution is 7.26. The molecule has 0 saturated heterocycles. The first-order valence-corrected chi connectivity index (χ1v) is 14.0. The lowest BCUT2D eigenvalue weighted by Gasteiger charge is -2.10. The predicted octanol–water partition coefficient (Wildman–Crippen LogP) is 9.64. The summed E-state index contributed by atoms with van der Waals surface area (Å²) in [5.41, 5.74) is 8.98. The second-order valence-corrected chi connectivity index (χ2v) is 11.1. The fourth-order valence-electron chi connectivity index (χ4n) is 6.25. The Labute approximate surface area is 227 Å². The van der Waals surface area contributed by atoms with Crippen LogP contribution in [0.2, 0.25) is 0 Å². The van der Waals surface area contributed by atoms with Gasteiger partial charge in [-0.25, -0.2) is 4.98 Å². The molecule has 4 heterocycles. The van der Waals surface area contributed by atoms with E-state index in [1.807, 2.05) is 11.3 Å². The van der Waals surface area contributed by atoms with Crippen molar-refractivity contribution in [1.82, 2.24) is 14.1 Å². The zero-order valence-corrected chi connectivity index (χ0v) is 21.7. The third-order valence-corrected chi connectivity index (χ3v) is 9.11. The van der Waals surface area contributed by atoms with E-state index in [1.165, 1.54) is 47.7 Å². The first-order valence-electron chi connectivity index (χ1n) is 13.2. The van der Waals surface area contributed by atoms with Crippen molar-refractivity contribution in [3.63, 3.8) is 0 Å². The van der Waals surface area contributed by atoms with Crippen LogP contribution in [0.4, 0.5) is 0 Å². The Morgan fingerprint density at radius 1 is 0.462 bits per heavy atom. The highest BCUT2D eigenvalue weighted by atomic mass is 32.1. The number of aromatic nitrogens is 3. The molecule has 0 fully saturated rings. The van der Waals surface area contributed by atoms with Gasteiger partial charge in [-0.1, -0.05) is 84.9 Å². The van der Waals surface area contributed by atoms with Gasteiger partial charge in [-0.15, -0.1) is 11.3 Å². The van der Waals surface area contributed by atoms with Crippen LogP contribution in [-0.4, -0.2) is 14.1 Å². The number of rotatable bonds is 2. The minimum Gasteiger partial charge on any atom is -0.308 e. The quantitative estimate of drug-likeness (QED) is 0.225. The van der Waals surface area contributed by atoms with Crippen molar-refractivity contribution in [3.8, 4) is 11.4 Å². The van der Waals surface area contributed by atoms with Crippen LogP contribution in [0.1, 0.15) is 0 Å². The Hall–Kier alpha value is -4.93. The molecule has 0 aliphatic heterocycles. The minimum atomic E-state index is 1.03. The topological polar surface area (TPSA) is 22.8 Å². The highest BCUT2D eigenvalue weighted by Crippen LogP contribution is 2.42. The first kappa shape index (κ1) is 21.1. The van der Waals surface area contributed by atoms with Gasteiger partial charge in [-0.05, 0) is 42.5 Å². The summed E-state index contributed by atoms with van der Waals surface area (Å²) < 4.78 is 7.37. The summed E-state index contributed by atoms with van der Waals surface area (Å²) in [6.45, 7) is 0. The molecule has 5 aromatic carbocycles. The van der Waals surface area contributed by atoms with Crippen LogP contribution in [0, 0.1) is 0 Å². The lowest BCUT2D eigenvalue weighted by Crippen LogP contribution is -1.96. The molecule has 0 amide bonds. The van der Waals surface area contributed by atoms with Crippen molar-refractivity contribution in [2.45, 2.75) is 0 Å². The van der Waals surface area contributed by atoms with Gasteiger partial charge in [0.15, 0.2) is 0 Å². The lowest BCUT2D eigenvalue weighted by atomic mass is 10.1. The fourth-order valence-corrected chi connectivity index (χ4v) is 7.46. The van der Waals surface area contributed by atoms with Crippen molar-refractivity contribution < 1.29 is 0 Å². The molecule has 3 nitrogen and oxygen atoms in total. The number of hydrogen-bond donors (Lipinski definition) is 0. The molecular formula is C35H21N3S. The molecule has 182 valence electrons. The third-order valence-electron chi connectivity index (χ3n) is 7.90. The average molecular weight is 516 g/mol. The summed E-state index contributed by atoms with van der Waals surface area (Å²) in [5, 5.41) is 4.95. The Morgan fingerprint density at radius 3 is 1.82 bits per heavy atom. The van der Waals surface area contributed by atoms with E-state index < -0.39 is 0 Å².